The third kappa shape index (κ3) is 2.72. The van der Waals surface area contributed by atoms with Crippen LogP contribution in [0.25, 0.3) is 0 Å². The molecule has 0 spiro atoms. The quantitative estimate of drug-likeness (QED) is 0.618. The van der Waals surface area contributed by atoms with Gasteiger partial charge in [0.2, 0.25) is 5.95 Å². The van der Waals surface area contributed by atoms with Crippen LogP contribution in [-0.4, -0.2) is 35.6 Å². The lowest BCUT2D eigenvalue weighted by atomic mass is 10.2. The molecule has 1 fully saturated rings. The summed E-state index contributed by atoms with van der Waals surface area (Å²) in [5.41, 5.74) is 0.891. The Bertz CT molecular complexity index is 433. The molecule has 98 valence electrons. The number of anilines is 1. The highest BCUT2D eigenvalue weighted by atomic mass is 35.5. The van der Waals surface area contributed by atoms with Crippen LogP contribution in [0.5, 0.6) is 0 Å². The fourth-order valence-electron chi connectivity index (χ4n) is 1.96. The molecule has 0 unspecified atom stereocenters. The molecule has 1 aromatic heterocycles. The number of carbonyl (C=O) groups excluding carboxylic acids is 1. The summed E-state index contributed by atoms with van der Waals surface area (Å²) in [6.07, 6.45) is 3.81. The van der Waals surface area contributed by atoms with Crippen molar-refractivity contribution in [2.24, 2.45) is 0 Å². The number of nitrogens with zero attached hydrogens (tertiary/aromatic N) is 3. The molecule has 1 aromatic rings. The zero-order valence-electron chi connectivity index (χ0n) is 10.4. The lowest BCUT2D eigenvalue weighted by molar-refractivity contribution is 0.0524. The highest BCUT2D eigenvalue weighted by Gasteiger charge is 2.19. The van der Waals surface area contributed by atoms with E-state index in [4.69, 9.17) is 16.3 Å². The Morgan fingerprint density at radius 2 is 2.22 bits per heavy atom. The molecular weight excluding hydrogens is 254 g/mol. The molecule has 0 aliphatic carbocycles. The molecule has 0 saturated carbocycles. The normalized spacial score (nSPS) is 14.9. The van der Waals surface area contributed by atoms with Gasteiger partial charge in [0.25, 0.3) is 0 Å². The van der Waals surface area contributed by atoms with E-state index < -0.39 is 5.97 Å². The first-order chi connectivity index (χ1) is 8.76. The summed E-state index contributed by atoms with van der Waals surface area (Å²) in [6.45, 7) is 4.01. The largest absolute Gasteiger partial charge is 0.462 e. The lowest BCUT2D eigenvalue weighted by Crippen LogP contribution is -2.22. The lowest BCUT2D eigenvalue weighted by Gasteiger charge is -2.16. The number of hydrogen-bond acceptors (Lipinski definition) is 5. The average molecular weight is 270 g/mol. The molecule has 2 heterocycles. The minimum Gasteiger partial charge on any atom is -0.462 e. The van der Waals surface area contributed by atoms with Crippen molar-refractivity contribution in [1.82, 2.24) is 9.97 Å². The van der Waals surface area contributed by atoms with E-state index in [0.717, 1.165) is 25.9 Å². The summed E-state index contributed by atoms with van der Waals surface area (Å²) in [4.78, 5) is 22.4. The minimum atomic E-state index is -0.416. The second-order valence-electron chi connectivity index (χ2n) is 4.08. The van der Waals surface area contributed by atoms with Crippen molar-refractivity contribution in [2.45, 2.75) is 25.6 Å². The Labute approximate surface area is 111 Å². The minimum absolute atomic E-state index is 0.178. The maximum Gasteiger partial charge on any atom is 0.341 e. The topological polar surface area (TPSA) is 55.3 Å². The van der Waals surface area contributed by atoms with E-state index in [1.807, 2.05) is 0 Å². The summed E-state index contributed by atoms with van der Waals surface area (Å²) < 4.78 is 4.94. The van der Waals surface area contributed by atoms with E-state index in [1.165, 1.54) is 6.20 Å². The van der Waals surface area contributed by atoms with E-state index in [9.17, 15) is 4.79 Å². The third-order valence-electron chi connectivity index (χ3n) is 2.87. The van der Waals surface area contributed by atoms with Gasteiger partial charge in [-0.2, -0.15) is 0 Å². The van der Waals surface area contributed by atoms with Crippen LogP contribution in [0, 0.1) is 0 Å². The number of ether oxygens (including phenoxy) is 1. The summed E-state index contributed by atoms with van der Waals surface area (Å²) in [6, 6.07) is 0. The van der Waals surface area contributed by atoms with Crippen molar-refractivity contribution in [3.8, 4) is 0 Å². The van der Waals surface area contributed by atoms with Gasteiger partial charge in [0.05, 0.1) is 18.2 Å². The van der Waals surface area contributed by atoms with Gasteiger partial charge in [-0.3, -0.25) is 0 Å². The Balaban J connectivity index is 2.24. The molecule has 18 heavy (non-hydrogen) atoms. The van der Waals surface area contributed by atoms with Gasteiger partial charge in [0.15, 0.2) is 0 Å². The van der Waals surface area contributed by atoms with Gasteiger partial charge in [-0.1, -0.05) is 0 Å². The zero-order valence-corrected chi connectivity index (χ0v) is 11.1. The second kappa shape index (κ2) is 6.00. The van der Waals surface area contributed by atoms with Crippen molar-refractivity contribution >= 4 is 23.5 Å². The number of alkyl halides is 1. The highest BCUT2D eigenvalue weighted by Crippen LogP contribution is 2.18. The monoisotopic (exact) mass is 269 g/mol. The van der Waals surface area contributed by atoms with Gasteiger partial charge in [-0.15, -0.1) is 11.6 Å². The second-order valence-corrected chi connectivity index (χ2v) is 4.35. The molecule has 5 nitrogen and oxygen atoms in total. The van der Waals surface area contributed by atoms with Gasteiger partial charge in [0.1, 0.15) is 5.56 Å². The van der Waals surface area contributed by atoms with Crippen LogP contribution in [0.1, 0.15) is 35.8 Å². The van der Waals surface area contributed by atoms with Gasteiger partial charge < -0.3 is 9.64 Å². The molecule has 0 N–H and O–H groups in total. The van der Waals surface area contributed by atoms with Crippen LogP contribution in [0.4, 0.5) is 5.95 Å². The molecule has 0 bridgehead atoms. The number of carbonyl (C=O) groups is 1. The van der Waals surface area contributed by atoms with Crippen molar-refractivity contribution in [3.05, 3.63) is 17.5 Å². The van der Waals surface area contributed by atoms with Crippen molar-refractivity contribution < 1.29 is 9.53 Å². The van der Waals surface area contributed by atoms with Crippen LogP contribution in [0.15, 0.2) is 6.20 Å². The van der Waals surface area contributed by atoms with Gasteiger partial charge >= 0.3 is 5.97 Å². The number of halogens is 1. The average Bonchev–Trinajstić information content (AvgIpc) is 2.92. The first-order valence-electron chi connectivity index (χ1n) is 6.10. The maximum atomic E-state index is 11.7. The van der Waals surface area contributed by atoms with E-state index in [-0.39, 0.29) is 5.88 Å². The van der Waals surface area contributed by atoms with Crippen molar-refractivity contribution in [3.63, 3.8) is 0 Å². The van der Waals surface area contributed by atoms with Crippen molar-refractivity contribution in [2.75, 3.05) is 24.6 Å². The van der Waals surface area contributed by atoms with Gasteiger partial charge in [-0.25, -0.2) is 14.8 Å². The summed E-state index contributed by atoms with van der Waals surface area (Å²) in [7, 11) is 0. The Morgan fingerprint density at radius 3 is 2.83 bits per heavy atom. The summed E-state index contributed by atoms with van der Waals surface area (Å²) >= 11 is 5.84. The molecule has 0 amide bonds. The predicted molar refractivity (Wildman–Crippen MR) is 69.0 cm³/mol. The number of esters is 1. The third-order valence-corrected chi connectivity index (χ3v) is 3.12. The van der Waals surface area contributed by atoms with E-state index in [2.05, 4.69) is 14.9 Å². The fraction of sp³-hybridized carbons (Fsp3) is 0.583. The SMILES string of the molecule is CCOC(=O)c1cnc(N2CCCC2)nc1CCl. The van der Waals surface area contributed by atoms with Crippen LogP contribution in [0.3, 0.4) is 0 Å². The van der Waals surface area contributed by atoms with E-state index in [0.29, 0.717) is 23.8 Å². The van der Waals surface area contributed by atoms with Crippen LogP contribution < -0.4 is 4.90 Å². The number of hydrogen-bond donors (Lipinski definition) is 0. The van der Waals surface area contributed by atoms with E-state index in [1.54, 1.807) is 6.92 Å². The van der Waals surface area contributed by atoms with Gasteiger partial charge in [-0.05, 0) is 19.8 Å². The molecule has 1 aliphatic rings. The standard InChI is InChI=1S/C12H16ClN3O2/c1-2-18-11(17)9-8-14-12(15-10(9)7-13)16-5-3-4-6-16/h8H,2-7H2,1H3. The highest BCUT2D eigenvalue weighted by molar-refractivity contribution is 6.17. The molecule has 0 aromatic carbocycles. The number of rotatable bonds is 4. The smallest absolute Gasteiger partial charge is 0.341 e. The zero-order chi connectivity index (χ0) is 13.0. The maximum absolute atomic E-state index is 11.7. The molecular formula is C12H16ClN3O2. The first-order valence-corrected chi connectivity index (χ1v) is 6.63. The summed E-state index contributed by atoms with van der Waals surface area (Å²) in [5.74, 6) is 0.412. The van der Waals surface area contributed by atoms with Gasteiger partial charge in [0, 0.05) is 19.3 Å². The first kappa shape index (κ1) is 13.1. The fourth-order valence-corrected chi connectivity index (χ4v) is 2.16. The van der Waals surface area contributed by atoms with Crippen molar-refractivity contribution in [1.29, 1.82) is 0 Å². The van der Waals surface area contributed by atoms with E-state index >= 15 is 0 Å². The Hall–Kier alpha value is -1.36. The predicted octanol–water partition coefficient (Wildman–Crippen LogP) is 1.99. The van der Waals surface area contributed by atoms with Crippen LogP contribution in [0.2, 0.25) is 0 Å². The molecule has 0 atom stereocenters. The summed E-state index contributed by atoms with van der Waals surface area (Å²) in [5, 5.41) is 0. The Morgan fingerprint density at radius 1 is 1.50 bits per heavy atom. The number of aromatic nitrogens is 2. The molecule has 1 aliphatic heterocycles. The molecule has 6 heteroatoms. The molecule has 1 saturated heterocycles. The van der Waals surface area contributed by atoms with Crippen LogP contribution in [-0.2, 0) is 10.6 Å². The van der Waals surface area contributed by atoms with Crippen LogP contribution >= 0.6 is 11.6 Å². The molecule has 2 rings (SSSR count). The Kier molecular flexibility index (Phi) is 4.36. The molecule has 0 radical (unpaired) electrons.